The van der Waals surface area contributed by atoms with Gasteiger partial charge in [-0.05, 0) is 31.0 Å². The van der Waals surface area contributed by atoms with Crippen molar-refractivity contribution in [3.63, 3.8) is 0 Å². The summed E-state index contributed by atoms with van der Waals surface area (Å²) in [5.74, 6) is 1.20. The SMILES string of the molecule is COc1cccc(OCc2cc(C(=O)NCC3CCCO3)n[nH]2)c1. The summed E-state index contributed by atoms with van der Waals surface area (Å²) in [6.45, 7) is 1.58. The molecule has 1 fully saturated rings. The van der Waals surface area contributed by atoms with Crippen molar-refractivity contribution in [2.24, 2.45) is 0 Å². The third-order valence-electron chi connectivity index (χ3n) is 3.81. The van der Waals surface area contributed by atoms with E-state index >= 15 is 0 Å². The van der Waals surface area contributed by atoms with E-state index in [-0.39, 0.29) is 12.0 Å². The summed E-state index contributed by atoms with van der Waals surface area (Å²) in [6, 6.07) is 9.02. The molecule has 2 aromatic rings. The number of carbonyl (C=O) groups is 1. The molecule has 1 aromatic heterocycles. The molecule has 7 nitrogen and oxygen atoms in total. The summed E-state index contributed by atoms with van der Waals surface area (Å²) in [7, 11) is 1.61. The van der Waals surface area contributed by atoms with Gasteiger partial charge < -0.3 is 19.5 Å². The minimum absolute atomic E-state index is 0.115. The van der Waals surface area contributed by atoms with E-state index in [2.05, 4.69) is 15.5 Å². The second kappa shape index (κ2) is 7.83. The van der Waals surface area contributed by atoms with E-state index in [0.29, 0.717) is 24.6 Å². The number of hydrogen-bond donors (Lipinski definition) is 2. The number of nitrogens with zero attached hydrogens (tertiary/aromatic N) is 1. The molecule has 0 radical (unpaired) electrons. The van der Waals surface area contributed by atoms with Crippen LogP contribution in [0, 0.1) is 0 Å². The number of amides is 1. The van der Waals surface area contributed by atoms with Gasteiger partial charge in [-0.3, -0.25) is 9.89 Å². The lowest BCUT2D eigenvalue weighted by Gasteiger charge is -2.09. The second-order valence-corrected chi connectivity index (χ2v) is 5.59. The zero-order chi connectivity index (χ0) is 16.8. The second-order valence-electron chi connectivity index (χ2n) is 5.59. The van der Waals surface area contributed by atoms with Crippen molar-refractivity contribution >= 4 is 5.91 Å². The van der Waals surface area contributed by atoms with Crippen molar-refractivity contribution in [2.45, 2.75) is 25.6 Å². The Labute approximate surface area is 140 Å². The zero-order valence-corrected chi connectivity index (χ0v) is 13.6. The van der Waals surface area contributed by atoms with Gasteiger partial charge in [0.25, 0.3) is 5.91 Å². The van der Waals surface area contributed by atoms with Gasteiger partial charge in [-0.15, -0.1) is 0 Å². The Hall–Kier alpha value is -2.54. The van der Waals surface area contributed by atoms with Crippen LogP contribution in [0.25, 0.3) is 0 Å². The number of carbonyl (C=O) groups excluding carboxylic acids is 1. The average Bonchev–Trinajstić information content (AvgIpc) is 3.30. The Bertz CT molecular complexity index is 680. The van der Waals surface area contributed by atoms with Crippen molar-refractivity contribution in [3.05, 3.63) is 41.7 Å². The Morgan fingerprint density at radius 1 is 1.42 bits per heavy atom. The number of benzene rings is 1. The maximum Gasteiger partial charge on any atom is 0.271 e. The van der Waals surface area contributed by atoms with Crippen LogP contribution in [0.3, 0.4) is 0 Å². The molecule has 1 saturated heterocycles. The molecule has 128 valence electrons. The molecule has 2 N–H and O–H groups in total. The standard InChI is InChI=1S/C17H21N3O4/c1-22-13-4-2-5-14(9-13)24-11-12-8-16(20-19-12)17(21)18-10-15-6-3-7-23-15/h2,4-5,8-9,15H,3,6-7,10-11H2,1H3,(H,18,21)(H,19,20). The Balaban J connectivity index is 1.50. The summed E-state index contributed by atoms with van der Waals surface area (Å²) >= 11 is 0. The number of rotatable bonds is 7. The lowest BCUT2D eigenvalue weighted by Crippen LogP contribution is -2.31. The predicted octanol–water partition coefficient (Wildman–Crippen LogP) is 1.91. The van der Waals surface area contributed by atoms with Gasteiger partial charge in [0.2, 0.25) is 0 Å². The van der Waals surface area contributed by atoms with Crippen LogP contribution >= 0.6 is 0 Å². The maximum atomic E-state index is 12.1. The Kier molecular flexibility index (Phi) is 5.32. The molecule has 1 aliphatic rings. The molecule has 1 aromatic carbocycles. The van der Waals surface area contributed by atoms with Gasteiger partial charge in [-0.2, -0.15) is 5.10 Å². The minimum Gasteiger partial charge on any atom is -0.497 e. The molecule has 1 unspecified atom stereocenters. The van der Waals surface area contributed by atoms with Crippen LogP contribution in [0.4, 0.5) is 0 Å². The molecular weight excluding hydrogens is 310 g/mol. The van der Waals surface area contributed by atoms with Crippen LogP contribution < -0.4 is 14.8 Å². The van der Waals surface area contributed by atoms with Gasteiger partial charge in [-0.1, -0.05) is 6.07 Å². The van der Waals surface area contributed by atoms with Gasteiger partial charge in [0.05, 0.1) is 18.9 Å². The molecule has 1 aliphatic heterocycles. The highest BCUT2D eigenvalue weighted by Crippen LogP contribution is 2.19. The van der Waals surface area contributed by atoms with E-state index < -0.39 is 0 Å². The smallest absolute Gasteiger partial charge is 0.271 e. The molecule has 24 heavy (non-hydrogen) atoms. The first-order chi connectivity index (χ1) is 11.7. The molecule has 1 atom stereocenters. The van der Waals surface area contributed by atoms with Crippen LogP contribution in [0.1, 0.15) is 29.0 Å². The van der Waals surface area contributed by atoms with Crippen molar-refractivity contribution in [3.8, 4) is 11.5 Å². The Morgan fingerprint density at radius 2 is 2.29 bits per heavy atom. The van der Waals surface area contributed by atoms with E-state index in [4.69, 9.17) is 14.2 Å². The fourth-order valence-electron chi connectivity index (χ4n) is 2.51. The average molecular weight is 331 g/mol. The summed E-state index contributed by atoms with van der Waals surface area (Å²) in [5, 5.41) is 9.68. The molecule has 0 aliphatic carbocycles. The number of aromatic amines is 1. The van der Waals surface area contributed by atoms with E-state index in [1.54, 1.807) is 19.2 Å². The first kappa shape index (κ1) is 16.3. The summed E-state index contributed by atoms with van der Waals surface area (Å²) in [5.41, 5.74) is 1.07. The molecule has 0 saturated carbocycles. The van der Waals surface area contributed by atoms with Gasteiger partial charge in [0, 0.05) is 19.2 Å². The van der Waals surface area contributed by atoms with Crippen LogP contribution in [0.2, 0.25) is 0 Å². The predicted molar refractivity (Wildman–Crippen MR) is 87.2 cm³/mol. The topological polar surface area (TPSA) is 85.5 Å². The van der Waals surface area contributed by atoms with E-state index in [1.807, 2.05) is 18.2 Å². The molecule has 1 amide bonds. The van der Waals surface area contributed by atoms with Crippen molar-refractivity contribution in [2.75, 3.05) is 20.3 Å². The quantitative estimate of drug-likeness (QED) is 0.809. The highest BCUT2D eigenvalue weighted by molar-refractivity contribution is 5.92. The summed E-state index contributed by atoms with van der Waals surface area (Å²) < 4.78 is 16.3. The van der Waals surface area contributed by atoms with Gasteiger partial charge >= 0.3 is 0 Å². The van der Waals surface area contributed by atoms with Crippen LogP contribution in [-0.2, 0) is 11.3 Å². The summed E-state index contributed by atoms with van der Waals surface area (Å²) in [4.78, 5) is 12.1. The monoisotopic (exact) mass is 331 g/mol. The third-order valence-corrected chi connectivity index (χ3v) is 3.81. The van der Waals surface area contributed by atoms with E-state index in [0.717, 1.165) is 30.9 Å². The highest BCUT2D eigenvalue weighted by Gasteiger charge is 2.17. The first-order valence-corrected chi connectivity index (χ1v) is 7.95. The molecule has 0 bridgehead atoms. The largest absolute Gasteiger partial charge is 0.497 e. The number of aromatic nitrogens is 2. The number of hydrogen-bond acceptors (Lipinski definition) is 5. The number of H-pyrrole nitrogens is 1. The number of methoxy groups -OCH3 is 1. The first-order valence-electron chi connectivity index (χ1n) is 7.95. The third kappa shape index (κ3) is 4.26. The minimum atomic E-state index is -0.214. The molecule has 2 heterocycles. The number of nitrogens with one attached hydrogen (secondary N) is 2. The Morgan fingerprint density at radius 3 is 3.08 bits per heavy atom. The van der Waals surface area contributed by atoms with Crippen molar-refractivity contribution in [1.82, 2.24) is 15.5 Å². The lowest BCUT2D eigenvalue weighted by atomic mass is 10.2. The molecular formula is C17H21N3O4. The van der Waals surface area contributed by atoms with E-state index in [9.17, 15) is 4.79 Å². The van der Waals surface area contributed by atoms with Gasteiger partial charge in [0.15, 0.2) is 0 Å². The highest BCUT2D eigenvalue weighted by atomic mass is 16.5. The summed E-state index contributed by atoms with van der Waals surface area (Å²) in [6.07, 6.45) is 2.15. The molecule has 7 heteroatoms. The fourth-order valence-corrected chi connectivity index (χ4v) is 2.51. The maximum absolute atomic E-state index is 12.1. The lowest BCUT2D eigenvalue weighted by molar-refractivity contribution is 0.0853. The van der Waals surface area contributed by atoms with Crippen LogP contribution in [0.15, 0.2) is 30.3 Å². The van der Waals surface area contributed by atoms with E-state index in [1.165, 1.54) is 0 Å². The molecule has 0 spiro atoms. The van der Waals surface area contributed by atoms with Gasteiger partial charge in [-0.25, -0.2) is 0 Å². The van der Waals surface area contributed by atoms with Gasteiger partial charge in [0.1, 0.15) is 23.8 Å². The zero-order valence-electron chi connectivity index (χ0n) is 13.6. The normalized spacial score (nSPS) is 16.8. The molecule has 3 rings (SSSR count). The fraction of sp³-hybridized carbons (Fsp3) is 0.412. The van der Waals surface area contributed by atoms with Crippen molar-refractivity contribution < 1.29 is 19.0 Å². The van der Waals surface area contributed by atoms with Crippen LogP contribution in [0.5, 0.6) is 11.5 Å². The number of ether oxygens (including phenoxy) is 3. The van der Waals surface area contributed by atoms with Crippen molar-refractivity contribution in [1.29, 1.82) is 0 Å². The van der Waals surface area contributed by atoms with Crippen LogP contribution in [-0.4, -0.2) is 42.5 Å².